The highest BCUT2D eigenvalue weighted by Crippen LogP contribution is 2.20. The fourth-order valence-electron chi connectivity index (χ4n) is 2.08. The minimum atomic E-state index is 0.378. The predicted octanol–water partition coefficient (Wildman–Crippen LogP) is 2.81. The van der Waals surface area contributed by atoms with Gasteiger partial charge in [-0.3, -0.25) is 0 Å². The lowest BCUT2D eigenvalue weighted by Crippen LogP contribution is -2.24. The molecule has 1 aromatic rings. The number of methoxy groups -OCH3 is 1. The first-order chi connectivity index (χ1) is 8.97. The molecule has 1 rings (SSSR count). The van der Waals surface area contributed by atoms with Gasteiger partial charge in [-0.25, -0.2) is 0 Å². The molecule has 0 radical (unpaired) electrons. The van der Waals surface area contributed by atoms with Gasteiger partial charge in [0.25, 0.3) is 0 Å². The monoisotopic (exact) mass is 280 g/mol. The molecule has 0 amide bonds. The van der Waals surface area contributed by atoms with Crippen molar-refractivity contribution in [2.24, 2.45) is 11.7 Å². The topological polar surface area (TPSA) is 38.5 Å². The number of benzene rings is 1. The van der Waals surface area contributed by atoms with Crippen LogP contribution in [0.4, 0.5) is 0 Å². The molecule has 0 saturated heterocycles. The van der Waals surface area contributed by atoms with Crippen LogP contribution >= 0.6 is 12.2 Å². The summed E-state index contributed by atoms with van der Waals surface area (Å²) in [6, 6.07) is 6.02. The van der Waals surface area contributed by atoms with Crippen molar-refractivity contribution in [3.63, 3.8) is 0 Å². The van der Waals surface area contributed by atoms with E-state index < -0.39 is 0 Å². The summed E-state index contributed by atoms with van der Waals surface area (Å²) in [5.41, 5.74) is 7.75. The number of nitrogens with zero attached hydrogens (tertiary/aromatic N) is 1. The molecule has 3 nitrogen and oxygen atoms in total. The molecule has 1 aromatic carbocycles. The average Bonchev–Trinajstić information content (AvgIpc) is 2.38. The van der Waals surface area contributed by atoms with Gasteiger partial charge < -0.3 is 15.4 Å². The van der Waals surface area contributed by atoms with Gasteiger partial charge in [0, 0.05) is 13.1 Å². The lowest BCUT2D eigenvalue weighted by molar-refractivity contribution is 0.275. The molecular formula is C15H24N2OS. The maximum Gasteiger partial charge on any atom is 0.129 e. The number of hydrogen-bond acceptors (Lipinski definition) is 3. The second-order valence-electron chi connectivity index (χ2n) is 5.11. The molecule has 0 saturated carbocycles. The molecule has 1 unspecified atom stereocenters. The van der Waals surface area contributed by atoms with E-state index in [2.05, 4.69) is 31.9 Å². The molecular weight excluding hydrogens is 256 g/mol. The van der Waals surface area contributed by atoms with Gasteiger partial charge in [0.05, 0.1) is 12.7 Å². The summed E-state index contributed by atoms with van der Waals surface area (Å²) in [5.74, 6) is 1.44. The molecule has 0 aliphatic heterocycles. The number of rotatable bonds is 7. The minimum Gasteiger partial charge on any atom is -0.496 e. The van der Waals surface area contributed by atoms with Crippen LogP contribution in [0.5, 0.6) is 5.75 Å². The van der Waals surface area contributed by atoms with E-state index in [0.717, 1.165) is 24.4 Å². The summed E-state index contributed by atoms with van der Waals surface area (Å²) < 4.78 is 5.27. The Kier molecular flexibility index (Phi) is 6.25. The van der Waals surface area contributed by atoms with Gasteiger partial charge in [0.2, 0.25) is 0 Å². The Morgan fingerprint density at radius 2 is 2.16 bits per heavy atom. The van der Waals surface area contributed by atoms with Gasteiger partial charge in [0.1, 0.15) is 10.7 Å². The maximum atomic E-state index is 5.73. The van der Waals surface area contributed by atoms with Crippen LogP contribution in [-0.2, 0) is 6.54 Å². The van der Waals surface area contributed by atoms with Crippen LogP contribution in [0.15, 0.2) is 18.2 Å². The largest absolute Gasteiger partial charge is 0.496 e. The van der Waals surface area contributed by atoms with E-state index in [9.17, 15) is 0 Å². The normalized spacial score (nSPS) is 12.5. The minimum absolute atomic E-state index is 0.378. The molecule has 0 aliphatic carbocycles. The van der Waals surface area contributed by atoms with Crippen molar-refractivity contribution in [1.29, 1.82) is 0 Å². The Morgan fingerprint density at radius 3 is 2.68 bits per heavy atom. The molecule has 106 valence electrons. The summed E-state index contributed by atoms with van der Waals surface area (Å²) in [7, 11) is 3.77. The zero-order valence-corrected chi connectivity index (χ0v) is 13.1. The quantitative estimate of drug-likeness (QED) is 0.780. The van der Waals surface area contributed by atoms with Crippen LogP contribution in [0.1, 0.15) is 31.4 Å². The van der Waals surface area contributed by atoms with Crippen LogP contribution in [0.3, 0.4) is 0 Å². The summed E-state index contributed by atoms with van der Waals surface area (Å²) in [5, 5.41) is 0. The number of thiocarbonyl (C=S) groups is 1. The Balaban J connectivity index is 2.79. The maximum absolute atomic E-state index is 5.73. The van der Waals surface area contributed by atoms with Crippen LogP contribution in [0, 0.1) is 5.92 Å². The Labute approximate surface area is 121 Å². The third-order valence-corrected chi connectivity index (χ3v) is 3.52. The Hall–Kier alpha value is -1.13. The van der Waals surface area contributed by atoms with Crippen molar-refractivity contribution < 1.29 is 4.74 Å². The highest BCUT2D eigenvalue weighted by Gasteiger charge is 2.09. The molecule has 0 aromatic heterocycles. The zero-order valence-electron chi connectivity index (χ0n) is 12.3. The number of nitrogens with two attached hydrogens (primary N) is 1. The van der Waals surface area contributed by atoms with E-state index in [4.69, 9.17) is 22.7 Å². The van der Waals surface area contributed by atoms with E-state index in [1.807, 2.05) is 12.1 Å². The van der Waals surface area contributed by atoms with E-state index in [1.165, 1.54) is 12.0 Å². The standard InChI is InChI=1S/C15H24N2OS/c1-5-11(2)9-17(3)10-12-6-7-14(18-4)13(8-12)15(16)19/h6-8,11H,5,9-10H2,1-4H3,(H2,16,19). The lowest BCUT2D eigenvalue weighted by Gasteiger charge is -2.21. The van der Waals surface area contributed by atoms with E-state index in [0.29, 0.717) is 10.9 Å². The first-order valence-electron chi connectivity index (χ1n) is 6.63. The van der Waals surface area contributed by atoms with Crippen molar-refractivity contribution in [3.05, 3.63) is 29.3 Å². The lowest BCUT2D eigenvalue weighted by atomic mass is 10.1. The molecule has 0 fully saturated rings. The summed E-state index contributed by atoms with van der Waals surface area (Å²) in [4.78, 5) is 2.70. The second kappa shape index (κ2) is 7.46. The molecule has 2 N–H and O–H groups in total. The van der Waals surface area contributed by atoms with Crippen molar-refractivity contribution in [2.45, 2.75) is 26.8 Å². The van der Waals surface area contributed by atoms with Crippen LogP contribution in [0.25, 0.3) is 0 Å². The summed E-state index contributed by atoms with van der Waals surface area (Å²) in [6.45, 7) is 6.47. The molecule has 1 atom stereocenters. The van der Waals surface area contributed by atoms with Gasteiger partial charge in [-0.2, -0.15) is 0 Å². The molecule has 0 spiro atoms. The average molecular weight is 280 g/mol. The van der Waals surface area contributed by atoms with Gasteiger partial charge in [0.15, 0.2) is 0 Å². The first-order valence-corrected chi connectivity index (χ1v) is 7.04. The Morgan fingerprint density at radius 1 is 1.47 bits per heavy atom. The predicted molar refractivity (Wildman–Crippen MR) is 84.7 cm³/mol. The third kappa shape index (κ3) is 4.80. The van der Waals surface area contributed by atoms with Crippen molar-refractivity contribution in [2.75, 3.05) is 20.7 Å². The van der Waals surface area contributed by atoms with Crippen LogP contribution in [0.2, 0.25) is 0 Å². The van der Waals surface area contributed by atoms with Crippen molar-refractivity contribution in [1.82, 2.24) is 4.90 Å². The second-order valence-corrected chi connectivity index (χ2v) is 5.55. The summed E-state index contributed by atoms with van der Waals surface area (Å²) >= 11 is 5.06. The molecule has 0 bridgehead atoms. The highest BCUT2D eigenvalue weighted by molar-refractivity contribution is 7.80. The smallest absolute Gasteiger partial charge is 0.129 e. The number of hydrogen-bond donors (Lipinski definition) is 1. The van der Waals surface area contributed by atoms with Gasteiger partial charge >= 0.3 is 0 Å². The summed E-state index contributed by atoms with van der Waals surface area (Å²) in [6.07, 6.45) is 1.20. The number of ether oxygens (including phenoxy) is 1. The van der Waals surface area contributed by atoms with E-state index in [1.54, 1.807) is 7.11 Å². The fraction of sp³-hybridized carbons (Fsp3) is 0.533. The van der Waals surface area contributed by atoms with Gasteiger partial charge in [-0.15, -0.1) is 0 Å². The SMILES string of the molecule is CCC(C)CN(C)Cc1ccc(OC)c(C(N)=S)c1. The third-order valence-electron chi connectivity index (χ3n) is 3.30. The molecule has 19 heavy (non-hydrogen) atoms. The molecule has 4 heteroatoms. The zero-order chi connectivity index (χ0) is 14.4. The van der Waals surface area contributed by atoms with Gasteiger partial charge in [-0.1, -0.05) is 38.6 Å². The Bertz CT molecular complexity index is 434. The fourth-order valence-corrected chi connectivity index (χ4v) is 2.24. The van der Waals surface area contributed by atoms with Crippen molar-refractivity contribution >= 4 is 17.2 Å². The molecule has 0 aliphatic rings. The first kappa shape index (κ1) is 15.9. The highest BCUT2D eigenvalue weighted by atomic mass is 32.1. The van der Waals surface area contributed by atoms with Crippen LogP contribution < -0.4 is 10.5 Å². The van der Waals surface area contributed by atoms with Gasteiger partial charge in [-0.05, 0) is 30.7 Å². The van der Waals surface area contributed by atoms with E-state index in [-0.39, 0.29) is 0 Å². The van der Waals surface area contributed by atoms with Crippen molar-refractivity contribution in [3.8, 4) is 5.75 Å². The molecule has 0 heterocycles. The van der Waals surface area contributed by atoms with E-state index >= 15 is 0 Å². The van der Waals surface area contributed by atoms with Crippen LogP contribution in [-0.4, -0.2) is 30.6 Å².